The van der Waals surface area contributed by atoms with E-state index in [1.165, 1.54) is 11.1 Å². The van der Waals surface area contributed by atoms with Crippen molar-refractivity contribution < 1.29 is 14.3 Å². The topological polar surface area (TPSA) is 47.6 Å². The van der Waals surface area contributed by atoms with Crippen molar-refractivity contribution in [1.82, 2.24) is 5.32 Å². The predicted octanol–water partition coefficient (Wildman–Crippen LogP) is 4.73. The van der Waals surface area contributed by atoms with Crippen molar-refractivity contribution in [3.05, 3.63) is 83.9 Å². The summed E-state index contributed by atoms with van der Waals surface area (Å²) >= 11 is 0. The minimum Gasteiger partial charge on any atom is -0.373 e. The fraction of sp³-hybridized carbons (Fsp3) is 0.444. The molecule has 0 aliphatic carbocycles. The number of aryl methyl sites for hydroxylation is 2. The third-order valence-electron chi connectivity index (χ3n) is 6.00. The number of ether oxygens (including phenoxy) is 2. The van der Waals surface area contributed by atoms with Crippen LogP contribution in [0.5, 0.6) is 0 Å². The van der Waals surface area contributed by atoms with Crippen molar-refractivity contribution in [3.8, 4) is 0 Å². The second-order valence-corrected chi connectivity index (χ2v) is 8.35. The Balaban J connectivity index is 1.62. The van der Waals surface area contributed by atoms with Gasteiger partial charge < -0.3 is 14.8 Å². The van der Waals surface area contributed by atoms with Crippen LogP contribution in [0.2, 0.25) is 0 Å². The molecule has 0 saturated carbocycles. The van der Waals surface area contributed by atoms with Gasteiger partial charge in [-0.25, -0.2) is 0 Å². The summed E-state index contributed by atoms with van der Waals surface area (Å²) in [5.74, 6) is -0.197. The van der Waals surface area contributed by atoms with E-state index < -0.39 is 0 Å². The Hall–Kier alpha value is -2.43. The maximum Gasteiger partial charge on any atom is 0.225 e. The molecule has 1 aliphatic heterocycles. The number of carbonyl (C=O) groups is 1. The molecule has 0 fully saturated rings. The first-order valence-electron chi connectivity index (χ1n) is 11.4. The summed E-state index contributed by atoms with van der Waals surface area (Å²) in [4.78, 5) is 13.0. The van der Waals surface area contributed by atoms with E-state index in [0.29, 0.717) is 13.2 Å². The highest BCUT2D eigenvalue weighted by Crippen LogP contribution is 2.18. The SMILES string of the molecule is C[C@@H]1NC(=O)[C@@H](C)[C@@H](CCc2ccccc2)OC/C=C\CO[C@@H]1CCc1ccccc1. The lowest BCUT2D eigenvalue weighted by atomic mass is 9.95. The minimum atomic E-state index is -0.228. The molecular formula is C27H35NO3. The summed E-state index contributed by atoms with van der Waals surface area (Å²) in [5, 5.41) is 3.19. The van der Waals surface area contributed by atoms with Gasteiger partial charge in [0.25, 0.3) is 0 Å². The lowest BCUT2D eigenvalue weighted by Crippen LogP contribution is -2.47. The Labute approximate surface area is 186 Å². The normalized spacial score (nSPS) is 26.3. The van der Waals surface area contributed by atoms with Gasteiger partial charge in [-0.3, -0.25) is 4.79 Å². The van der Waals surface area contributed by atoms with E-state index in [0.717, 1.165) is 25.7 Å². The second-order valence-electron chi connectivity index (χ2n) is 8.35. The van der Waals surface area contributed by atoms with Gasteiger partial charge in [0.1, 0.15) is 0 Å². The Bertz CT molecular complexity index is 806. The summed E-state index contributed by atoms with van der Waals surface area (Å²) in [6.07, 6.45) is 7.35. The van der Waals surface area contributed by atoms with Gasteiger partial charge in [0.05, 0.1) is 37.4 Å². The fourth-order valence-corrected chi connectivity index (χ4v) is 3.97. The molecule has 4 heteroatoms. The van der Waals surface area contributed by atoms with Crippen LogP contribution in [-0.4, -0.2) is 37.4 Å². The number of nitrogens with one attached hydrogen (secondary N) is 1. The molecule has 0 radical (unpaired) electrons. The minimum absolute atomic E-state index is 0.0309. The number of carbonyl (C=O) groups excluding carboxylic acids is 1. The highest BCUT2D eigenvalue weighted by Gasteiger charge is 2.28. The molecule has 0 unspecified atom stereocenters. The Morgan fingerprint density at radius 2 is 1.26 bits per heavy atom. The molecule has 1 aliphatic rings. The van der Waals surface area contributed by atoms with Gasteiger partial charge in [-0.1, -0.05) is 79.7 Å². The van der Waals surface area contributed by atoms with Crippen LogP contribution in [0, 0.1) is 5.92 Å². The largest absolute Gasteiger partial charge is 0.373 e. The first-order valence-corrected chi connectivity index (χ1v) is 11.4. The molecule has 0 bridgehead atoms. The molecule has 0 saturated heterocycles. The molecular weight excluding hydrogens is 386 g/mol. The molecule has 3 rings (SSSR count). The summed E-state index contributed by atoms with van der Waals surface area (Å²) in [5.41, 5.74) is 2.55. The van der Waals surface area contributed by atoms with E-state index >= 15 is 0 Å². The van der Waals surface area contributed by atoms with Gasteiger partial charge >= 0.3 is 0 Å². The Morgan fingerprint density at radius 1 is 0.774 bits per heavy atom. The maximum atomic E-state index is 13.0. The average molecular weight is 422 g/mol. The molecule has 166 valence electrons. The van der Waals surface area contributed by atoms with E-state index in [9.17, 15) is 4.79 Å². The molecule has 2 aromatic carbocycles. The third kappa shape index (κ3) is 7.64. The van der Waals surface area contributed by atoms with Crippen LogP contribution in [0.4, 0.5) is 0 Å². The maximum absolute atomic E-state index is 13.0. The van der Waals surface area contributed by atoms with Crippen molar-refractivity contribution in [1.29, 1.82) is 0 Å². The number of rotatable bonds is 6. The van der Waals surface area contributed by atoms with Crippen molar-refractivity contribution in [2.75, 3.05) is 13.2 Å². The monoisotopic (exact) mass is 421 g/mol. The molecule has 4 nitrogen and oxygen atoms in total. The van der Waals surface area contributed by atoms with Gasteiger partial charge in [0, 0.05) is 0 Å². The number of amides is 1. The van der Waals surface area contributed by atoms with Gasteiger partial charge in [-0.05, 0) is 43.7 Å². The molecule has 1 heterocycles. The smallest absolute Gasteiger partial charge is 0.225 e. The fourth-order valence-electron chi connectivity index (χ4n) is 3.97. The zero-order valence-electron chi connectivity index (χ0n) is 18.7. The van der Waals surface area contributed by atoms with Crippen LogP contribution in [0.25, 0.3) is 0 Å². The molecule has 0 aromatic heterocycles. The summed E-state index contributed by atoms with van der Waals surface area (Å²) in [6, 6.07) is 20.7. The number of benzene rings is 2. The average Bonchev–Trinajstić information content (AvgIpc) is 2.80. The van der Waals surface area contributed by atoms with Gasteiger partial charge in [0.2, 0.25) is 5.91 Å². The van der Waals surface area contributed by atoms with Gasteiger partial charge in [0.15, 0.2) is 0 Å². The zero-order chi connectivity index (χ0) is 21.9. The number of hydrogen-bond acceptors (Lipinski definition) is 3. The molecule has 1 amide bonds. The quantitative estimate of drug-likeness (QED) is 0.686. The van der Waals surface area contributed by atoms with Crippen LogP contribution in [0.1, 0.15) is 37.8 Å². The Kier molecular flexibility index (Phi) is 9.32. The summed E-state index contributed by atoms with van der Waals surface area (Å²) in [7, 11) is 0. The van der Waals surface area contributed by atoms with Crippen LogP contribution in [0.15, 0.2) is 72.8 Å². The first-order chi connectivity index (χ1) is 15.1. The van der Waals surface area contributed by atoms with Crippen molar-refractivity contribution >= 4 is 5.91 Å². The zero-order valence-corrected chi connectivity index (χ0v) is 18.7. The molecule has 4 atom stereocenters. The highest BCUT2D eigenvalue weighted by atomic mass is 16.5. The Morgan fingerprint density at radius 3 is 1.81 bits per heavy atom. The van der Waals surface area contributed by atoms with E-state index in [1.807, 2.05) is 50.3 Å². The number of hydrogen-bond donors (Lipinski definition) is 1. The van der Waals surface area contributed by atoms with Gasteiger partial charge in [-0.2, -0.15) is 0 Å². The highest BCUT2D eigenvalue weighted by molar-refractivity contribution is 5.79. The lowest BCUT2D eigenvalue weighted by Gasteiger charge is -2.29. The lowest BCUT2D eigenvalue weighted by molar-refractivity contribution is -0.131. The van der Waals surface area contributed by atoms with Crippen molar-refractivity contribution in [3.63, 3.8) is 0 Å². The summed E-state index contributed by atoms with van der Waals surface area (Å²) < 4.78 is 12.2. The third-order valence-corrected chi connectivity index (χ3v) is 6.00. The van der Waals surface area contributed by atoms with Crippen molar-refractivity contribution in [2.45, 2.75) is 57.8 Å². The molecule has 31 heavy (non-hydrogen) atoms. The molecule has 0 spiro atoms. The molecule has 1 N–H and O–H groups in total. The predicted molar refractivity (Wildman–Crippen MR) is 125 cm³/mol. The second kappa shape index (κ2) is 12.4. The summed E-state index contributed by atoms with van der Waals surface area (Å²) in [6.45, 7) is 5.01. The van der Waals surface area contributed by atoms with E-state index in [-0.39, 0.29) is 30.1 Å². The standard InChI is InChI=1S/C27H35NO3/c1-21-25(17-15-23-11-5-3-6-12-23)30-19-9-10-20-31-26(22(2)28-27(21)29)18-16-24-13-7-4-8-14-24/h3-14,21-22,25-26H,15-20H2,1-2H3,(H,28,29)/b10-9-/t21-,22-,25+,26+/m0/s1. The van der Waals surface area contributed by atoms with E-state index in [1.54, 1.807) is 0 Å². The van der Waals surface area contributed by atoms with Crippen molar-refractivity contribution in [2.24, 2.45) is 5.92 Å². The van der Waals surface area contributed by atoms with Crippen LogP contribution < -0.4 is 5.32 Å². The van der Waals surface area contributed by atoms with Crippen LogP contribution in [0.3, 0.4) is 0 Å². The molecule has 2 aromatic rings. The van der Waals surface area contributed by atoms with Crippen LogP contribution in [-0.2, 0) is 27.1 Å². The van der Waals surface area contributed by atoms with Gasteiger partial charge in [-0.15, -0.1) is 0 Å². The van der Waals surface area contributed by atoms with E-state index in [4.69, 9.17) is 9.47 Å². The van der Waals surface area contributed by atoms with Crippen LogP contribution >= 0.6 is 0 Å². The first kappa shape index (κ1) is 23.2. The van der Waals surface area contributed by atoms with E-state index in [2.05, 4.69) is 41.7 Å².